The normalized spacial score (nSPS) is 9.73. The number of nitrogens with zero attached hydrogens (tertiary/aromatic N) is 2. The summed E-state index contributed by atoms with van der Waals surface area (Å²) in [5, 5.41) is 13.5. The number of rotatable bonds is 4. The molecule has 1 heterocycles. The summed E-state index contributed by atoms with van der Waals surface area (Å²) in [4.78, 5) is 13.7. The Hall–Kier alpha value is -1.62. The zero-order valence-corrected chi connectivity index (χ0v) is 8.91. The molecule has 0 aromatic carbocycles. The van der Waals surface area contributed by atoms with Gasteiger partial charge in [0.05, 0.1) is 9.95 Å². The van der Waals surface area contributed by atoms with Crippen molar-refractivity contribution in [3.8, 4) is 0 Å². The monoisotopic (exact) mass is 227 g/mol. The molecule has 1 aromatic heterocycles. The van der Waals surface area contributed by atoms with E-state index in [-0.39, 0.29) is 10.7 Å². The van der Waals surface area contributed by atoms with Gasteiger partial charge in [-0.1, -0.05) is 23.8 Å². The molecule has 6 heteroatoms. The van der Waals surface area contributed by atoms with Crippen molar-refractivity contribution in [2.24, 2.45) is 0 Å². The molecule has 0 saturated heterocycles. The van der Waals surface area contributed by atoms with Crippen LogP contribution in [0.15, 0.2) is 24.4 Å². The largest absolute Gasteiger partial charge is 0.365 e. The summed E-state index contributed by atoms with van der Waals surface area (Å²) in [6, 6.07) is 1.26. The smallest absolute Gasteiger partial charge is 0.289 e. The number of nitro groups is 1. The van der Waals surface area contributed by atoms with Crippen LogP contribution in [0.4, 0.5) is 11.5 Å². The van der Waals surface area contributed by atoms with E-state index in [4.69, 9.17) is 11.6 Å². The van der Waals surface area contributed by atoms with Crippen LogP contribution in [0.1, 0.15) is 6.92 Å². The first-order chi connectivity index (χ1) is 7.00. The van der Waals surface area contributed by atoms with Crippen LogP contribution in [-0.2, 0) is 0 Å². The molecule has 5 nitrogen and oxygen atoms in total. The van der Waals surface area contributed by atoms with Gasteiger partial charge in [0, 0.05) is 12.6 Å². The molecule has 0 bridgehead atoms. The van der Waals surface area contributed by atoms with Crippen LogP contribution in [0.2, 0.25) is 5.02 Å². The number of hydrogen-bond acceptors (Lipinski definition) is 4. The number of pyridine rings is 1. The molecular formula is C9H10ClN3O2. The first kappa shape index (κ1) is 11.5. The third kappa shape index (κ3) is 3.21. The summed E-state index contributed by atoms with van der Waals surface area (Å²) in [5.74, 6) is 0.422. The van der Waals surface area contributed by atoms with Crippen molar-refractivity contribution in [1.82, 2.24) is 4.98 Å². The minimum Gasteiger partial charge on any atom is -0.365 e. The molecule has 0 aliphatic heterocycles. The number of halogens is 1. The first-order valence-corrected chi connectivity index (χ1v) is 4.56. The Kier molecular flexibility index (Phi) is 3.62. The number of aromatic nitrogens is 1. The molecule has 0 atom stereocenters. The van der Waals surface area contributed by atoms with Gasteiger partial charge in [0.1, 0.15) is 12.0 Å². The second kappa shape index (κ2) is 4.75. The second-order valence-corrected chi connectivity index (χ2v) is 3.50. The van der Waals surface area contributed by atoms with E-state index in [0.29, 0.717) is 12.4 Å². The van der Waals surface area contributed by atoms with Crippen molar-refractivity contribution in [1.29, 1.82) is 0 Å². The van der Waals surface area contributed by atoms with Crippen LogP contribution >= 0.6 is 11.6 Å². The van der Waals surface area contributed by atoms with Crippen LogP contribution < -0.4 is 5.32 Å². The number of hydrogen-bond donors (Lipinski definition) is 1. The molecule has 0 aliphatic carbocycles. The number of nitrogens with one attached hydrogen (secondary N) is 1. The van der Waals surface area contributed by atoms with Crippen molar-refractivity contribution in [2.45, 2.75) is 6.92 Å². The van der Waals surface area contributed by atoms with Crippen LogP contribution in [0.5, 0.6) is 0 Å². The Morgan fingerprint density at radius 3 is 2.93 bits per heavy atom. The second-order valence-electron chi connectivity index (χ2n) is 3.09. The molecule has 1 rings (SSSR count). The highest BCUT2D eigenvalue weighted by atomic mass is 35.5. The Morgan fingerprint density at radius 2 is 2.47 bits per heavy atom. The minimum absolute atomic E-state index is 0.124. The van der Waals surface area contributed by atoms with Crippen molar-refractivity contribution in [2.75, 3.05) is 11.9 Å². The van der Waals surface area contributed by atoms with Gasteiger partial charge in [-0.15, -0.1) is 0 Å². The maximum atomic E-state index is 10.4. The molecule has 0 spiro atoms. The highest BCUT2D eigenvalue weighted by Gasteiger charge is 2.10. The zero-order chi connectivity index (χ0) is 11.4. The van der Waals surface area contributed by atoms with Gasteiger partial charge in [0.15, 0.2) is 0 Å². The maximum Gasteiger partial charge on any atom is 0.289 e. The van der Waals surface area contributed by atoms with E-state index >= 15 is 0 Å². The predicted octanol–water partition coefficient (Wildman–Crippen LogP) is 2.63. The summed E-state index contributed by atoms with van der Waals surface area (Å²) < 4.78 is 0. The SMILES string of the molecule is C=C(C)CNc1ncc([N+](=O)[O-])cc1Cl. The van der Waals surface area contributed by atoms with Crippen LogP contribution in [0.25, 0.3) is 0 Å². The predicted molar refractivity (Wildman–Crippen MR) is 59.2 cm³/mol. The molecule has 80 valence electrons. The van der Waals surface area contributed by atoms with E-state index in [9.17, 15) is 10.1 Å². The third-order valence-corrected chi connectivity index (χ3v) is 1.88. The lowest BCUT2D eigenvalue weighted by molar-refractivity contribution is -0.385. The molecule has 0 amide bonds. The van der Waals surface area contributed by atoms with Crippen molar-refractivity contribution in [3.05, 3.63) is 39.6 Å². The summed E-state index contributed by atoms with van der Waals surface area (Å²) >= 11 is 5.80. The van der Waals surface area contributed by atoms with E-state index in [0.717, 1.165) is 11.8 Å². The first-order valence-electron chi connectivity index (χ1n) is 4.19. The molecule has 1 aromatic rings. The molecular weight excluding hydrogens is 218 g/mol. The molecule has 0 unspecified atom stereocenters. The summed E-state index contributed by atoms with van der Waals surface area (Å²) in [7, 11) is 0. The maximum absolute atomic E-state index is 10.4. The molecule has 0 radical (unpaired) electrons. The van der Waals surface area contributed by atoms with Gasteiger partial charge in [-0.25, -0.2) is 4.98 Å². The van der Waals surface area contributed by atoms with Crippen LogP contribution in [0, 0.1) is 10.1 Å². The lowest BCUT2D eigenvalue weighted by atomic mass is 10.3. The quantitative estimate of drug-likeness (QED) is 0.488. The zero-order valence-electron chi connectivity index (χ0n) is 8.16. The fourth-order valence-corrected chi connectivity index (χ4v) is 1.12. The lowest BCUT2D eigenvalue weighted by Gasteiger charge is -2.05. The Bertz CT molecular complexity index is 406. The van der Waals surface area contributed by atoms with Crippen molar-refractivity contribution < 1.29 is 4.92 Å². The average molecular weight is 228 g/mol. The highest BCUT2D eigenvalue weighted by Crippen LogP contribution is 2.23. The van der Waals surface area contributed by atoms with Gasteiger partial charge >= 0.3 is 0 Å². The molecule has 1 N–H and O–H groups in total. The Balaban J connectivity index is 2.83. The topological polar surface area (TPSA) is 68.1 Å². The Labute approximate surface area is 91.9 Å². The van der Waals surface area contributed by atoms with Gasteiger partial charge in [0.25, 0.3) is 5.69 Å². The average Bonchev–Trinajstić information content (AvgIpc) is 2.15. The van der Waals surface area contributed by atoms with E-state index in [1.165, 1.54) is 6.07 Å². The molecule has 0 fully saturated rings. The summed E-state index contributed by atoms with van der Waals surface area (Å²) in [6.45, 7) is 6.09. The fraction of sp³-hybridized carbons (Fsp3) is 0.222. The van der Waals surface area contributed by atoms with Crippen molar-refractivity contribution in [3.63, 3.8) is 0 Å². The lowest BCUT2D eigenvalue weighted by Crippen LogP contribution is -2.04. The van der Waals surface area contributed by atoms with Gasteiger partial charge < -0.3 is 5.32 Å². The van der Waals surface area contributed by atoms with E-state index in [1.54, 1.807) is 0 Å². The van der Waals surface area contributed by atoms with Gasteiger partial charge in [-0.05, 0) is 6.92 Å². The highest BCUT2D eigenvalue weighted by molar-refractivity contribution is 6.33. The van der Waals surface area contributed by atoms with Gasteiger partial charge in [-0.2, -0.15) is 0 Å². The Morgan fingerprint density at radius 1 is 1.80 bits per heavy atom. The van der Waals surface area contributed by atoms with E-state index in [2.05, 4.69) is 16.9 Å². The minimum atomic E-state index is -0.540. The fourth-order valence-electron chi connectivity index (χ4n) is 0.892. The molecule has 15 heavy (non-hydrogen) atoms. The van der Waals surface area contributed by atoms with Crippen molar-refractivity contribution >= 4 is 23.1 Å². The van der Waals surface area contributed by atoms with Crippen LogP contribution in [0.3, 0.4) is 0 Å². The molecule has 0 saturated carbocycles. The van der Waals surface area contributed by atoms with Gasteiger partial charge in [-0.3, -0.25) is 10.1 Å². The standard InChI is InChI=1S/C9H10ClN3O2/c1-6(2)4-11-9-8(10)3-7(5-12-9)13(14)15/h3,5H,1,4H2,2H3,(H,11,12). The van der Waals surface area contributed by atoms with E-state index in [1.807, 2.05) is 6.92 Å². The van der Waals surface area contributed by atoms with Gasteiger partial charge in [0.2, 0.25) is 0 Å². The van der Waals surface area contributed by atoms with Crippen LogP contribution in [-0.4, -0.2) is 16.5 Å². The third-order valence-electron chi connectivity index (χ3n) is 1.60. The van der Waals surface area contributed by atoms with E-state index < -0.39 is 4.92 Å². The molecule has 0 aliphatic rings. The summed E-state index contributed by atoms with van der Waals surface area (Å²) in [5.41, 5.74) is 0.798. The number of anilines is 1. The summed E-state index contributed by atoms with van der Waals surface area (Å²) in [6.07, 6.45) is 1.16.